The number of hydrogen-bond donors (Lipinski definition) is 2. The van der Waals surface area contributed by atoms with Gasteiger partial charge >= 0.3 is 11.8 Å². The Morgan fingerprint density at radius 1 is 1.67 bits per heavy atom. The van der Waals surface area contributed by atoms with Crippen molar-refractivity contribution in [2.75, 3.05) is 25.5 Å². The first-order chi connectivity index (χ1) is 8.54. The first-order valence-corrected chi connectivity index (χ1v) is 5.17. The van der Waals surface area contributed by atoms with Crippen LogP contribution in [0.3, 0.4) is 0 Å². The van der Waals surface area contributed by atoms with Crippen molar-refractivity contribution in [3.05, 3.63) is 21.6 Å². The Bertz CT molecular complexity index is 455. The van der Waals surface area contributed by atoms with E-state index in [1.807, 2.05) is 0 Å². The molecule has 18 heavy (non-hydrogen) atoms. The number of alkyl carbamates (subject to hydrolysis) is 1. The highest BCUT2D eigenvalue weighted by atomic mass is 35.5. The predicted octanol–water partition coefficient (Wildman–Crippen LogP) is 0.806. The Balaban J connectivity index is 2.58. The second kappa shape index (κ2) is 6.55. The first kappa shape index (κ1) is 13.9. The molecule has 98 valence electrons. The lowest BCUT2D eigenvalue weighted by Gasteiger charge is -2.06. The molecular weight excluding hydrogens is 266 g/mol. The Kier molecular flexibility index (Phi) is 5.06. The Morgan fingerprint density at radius 3 is 3.00 bits per heavy atom. The largest absolute Gasteiger partial charge is 0.448 e. The zero-order chi connectivity index (χ0) is 13.5. The van der Waals surface area contributed by atoms with Crippen molar-refractivity contribution in [2.24, 2.45) is 0 Å². The summed E-state index contributed by atoms with van der Waals surface area (Å²) in [6, 6.07) is 0. The van der Waals surface area contributed by atoms with Gasteiger partial charge in [-0.05, 0) is 11.6 Å². The molecule has 0 saturated heterocycles. The van der Waals surface area contributed by atoms with E-state index in [0.29, 0.717) is 0 Å². The van der Waals surface area contributed by atoms with Crippen LogP contribution in [0.4, 0.5) is 16.3 Å². The van der Waals surface area contributed by atoms with Gasteiger partial charge in [-0.2, -0.15) is 4.98 Å². The molecule has 2 N–H and O–H groups in total. The molecule has 1 aromatic rings. The van der Waals surface area contributed by atoms with Crippen molar-refractivity contribution in [1.82, 2.24) is 15.3 Å². The number of amides is 1. The van der Waals surface area contributed by atoms with Crippen LogP contribution >= 0.6 is 11.6 Å². The Labute approximate surface area is 107 Å². The van der Waals surface area contributed by atoms with Gasteiger partial charge in [0.2, 0.25) is 11.1 Å². The van der Waals surface area contributed by atoms with E-state index in [0.717, 1.165) is 6.20 Å². The van der Waals surface area contributed by atoms with E-state index in [1.54, 1.807) is 0 Å². The summed E-state index contributed by atoms with van der Waals surface area (Å²) >= 11 is 5.53. The number of carbonyl (C=O) groups excluding carboxylic acids is 1. The SMILES string of the molecule is CNC(=O)OCCNc1nc(Cl)ncc1[N+](=O)[O-]. The zero-order valence-corrected chi connectivity index (χ0v) is 10.1. The van der Waals surface area contributed by atoms with Crippen molar-refractivity contribution in [3.63, 3.8) is 0 Å². The van der Waals surface area contributed by atoms with Gasteiger partial charge < -0.3 is 15.4 Å². The van der Waals surface area contributed by atoms with Crippen LogP contribution in [0.1, 0.15) is 0 Å². The normalized spacial score (nSPS) is 9.67. The summed E-state index contributed by atoms with van der Waals surface area (Å²) in [5.74, 6) is -0.0273. The zero-order valence-electron chi connectivity index (χ0n) is 9.34. The molecule has 0 radical (unpaired) electrons. The molecule has 0 spiro atoms. The molecule has 9 nitrogen and oxygen atoms in total. The van der Waals surface area contributed by atoms with Crippen LogP contribution < -0.4 is 10.6 Å². The van der Waals surface area contributed by atoms with Crippen LogP contribution in [0.25, 0.3) is 0 Å². The van der Waals surface area contributed by atoms with Crippen molar-refractivity contribution in [1.29, 1.82) is 0 Å². The van der Waals surface area contributed by atoms with E-state index in [2.05, 4.69) is 25.3 Å². The third-order valence-electron chi connectivity index (χ3n) is 1.77. The van der Waals surface area contributed by atoms with Gasteiger partial charge in [-0.1, -0.05) is 0 Å². The summed E-state index contributed by atoms with van der Waals surface area (Å²) < 4.78 is 4.68. The number of nitrogens with zero attached hydrogens (tertiary/aromatic N) is 3. The molecule has 10 heteroatoms. The van der Waals surface area contributed by atoms with E-state index >= 15 is 0 Å². The second-order valence-corrected chi connectivity index (χ2v) is 3.28. The second-order valence-electron chi connectivity index (χ2n) is 2.94. The number of nitrogens with one attached hydrogen (secondary N) is 2. The lowest BCUT2D eigenvalue weighted by atomic mass is 10.5. The van der Waals surface area contributed by atoms with Crippen molar-refractivity contribution in [3.8, 4) is 0 Å². The topological polar surface area (TPSA) is 119 Å². The molecule has 0 aliphatic rings. The molecule has 1 heterocycles. The number of nitro groups is 1. The molecule has 1 aromatic heterocycles. The van der Waals surface area contributed by atoms with Crippen LogP contribution in [0.15, 0.2) is 6.20 Å². The van der Waals surface area contributed by atoms with E-state index in [4.69, 9.17) is 11.6 Å². The molecular formula is C8H10ClN5O4. The number of halogens is 1. The summed E-state index contributed by atoms with van der Waals surface area (Å²) in [5, 5.41) is 15.4. The maximum absolute atomic E-state index is 10.7. The van der Waals surface area contributed by atoms with Gasteiger partial charge in [0.05, 0.1) is 11.5 Å². The van der Waals surface area contributed by atoms with Crippen molar-refractivity contribution < 1.29 is 14.5 Å². The van der Waals surface area contributed by atoms with Gasteiger partial charge in [0, 0.05) is 7.05 Å². The third-order valence-corrected chi connectivity index (χ3v) is 1.95. The highest BCUT2D eigenvalue weighted by Gasteiger charge is 2.16. The Hall–Kier alpha value is -2.16. The monoisotopic (exact) mass is 275 g/mol. The number of ether oxygens (including phenoxy) is 1. The first-order valence-electron chi connectivity index (χ1n) is 4.80. The maximum Gasteiger partial charge on any atom is 0.406 e. The lowest BCUT2D eigenvalue weighted by molar-refractivity contribution is -0.384. The van der Waals surface area contributed by atoms with Gasteiger partial charge in [-0.25, -0.2) is 9.78 Å². The summed E-state index contributed by atoms with van der Waals surface area (Å²) in [4.78, 5) is 27.9. The average Bonchev–Trinajstić information content (AvgIpc) is 2.34. The number of aromatic nitrogens is 2. The number of rotatable bonds is 5. The van der Waals surface area contributed by atoms with E-state index in [9.17, 15) is 14.9 Å². The number of carbonyl (C=O) groups is 1. The van der Waals surface area contributed by atoms with Crippen LogP contribution in [0.2, 0.25) is 5.28 Å². The molecule has 0 aromatic carbocycles. The fraction of sp³-hybridized carbons (Fsp3) is 0.375. The fourth-order valence-corrected chi connectivity index (χ4v) is 1.14. The van der Waals surface area contributed by atoms with Crippen LogP contribution in [-0.2, 0) is 4.74 Å². The van der Waals surface area contributed by atoms with E-state index in [-0.39, 0.29) is 29.9 Å². The fourth-order valence-electron chi connectivity index (χ4n) is 1.00. The molecule has 1 amide bonds. The van der Waals surface area contributed by atoms with Crippen LogP contribution in [0.5, 0.6) is 0 Å². The minimum absolute atomic E-state index is 0.0262. The van der Waals surface area contributed by atoms with E-state index < -0.39 is 11.0 Å². The molecule has 0 atom stereocenters. The summed E-state index contributed by atoms with van der Waals surface area (Å²) in [6.45, 7) is 0.181. The van der Waals surface area contributed by atoms with Gasteiger partial charge in [0.1, 0.15) is 12.8 Å². The van der Waals surface area contributed by atoms with Crippen molar-refractivity contribution in [2.45, 2.75) is 0 Å². The minimum Gasteiger partial charge on any atom is -0.448 e. The Morgan fingerprint density at radius 2 is 2.39 bits per heavy atom. The maximum atomic E-state index is 10.7. The lowest BCUT2D eigenvalue weighted by Crippen LogP contribution is -2.22. The van der Waals surface area contributed by atoms with Gasteiger partial charge in [-0.15, -0.1) is 0 Å². The van der Waals surface area contributed by atoms with E-state index in [1.165, 1.54) is 7.05 Å². The van der Waals surface area contributed by atoms with Gasteiger partial charge in [-0.3, -0.25) is 10.1 Å². The van der Waals surface area contributed by atoms with Gasteiger partial charge in [0.15, 0.2) is 0 Å². The van der Waals surface area contributed by atoms with Crippen LogP contribution in [-0.4, -0.2) is 41.2 Å². The summed E-state index contributed by atoms with van der Waals surface area (Å²) in [7, 11) is 1.42. The van der Waals surface area contributed by atoms with Crippen LogP contribution in [0, 0.1) is 10.1 Å². The summed E-state index contributed by atoms with van der Waals surface area (Å²) in [5.41, 5.74) is -0.306. The van der Waals surface area contributed by atoms with Crippen molar-refractivity contribution >= 4 is 29.2 Å². The quantitative estimate of drug-likeness (QED) is 0.353. The van der Waals surface area contributed by atoms with Gasteiger partial charge in [0.25, 0.3) is 0 Å². The smallest absolute Gasteiger partial charge is 0.406 e. The molecule has 0 bridgehead atoms. The summed E-state index contributed by atoms with van der Waals surface area (Å²) in [6.07, 6.45) is 0.407. The molecule has 0 fully saturated rings. The molecule has 0 unspecified atom stereocenters. The molecule has 0 aliphatic heterocycles. The number of hydrogen-bond acceptors (Lipinski definition) is 7. The predicted molar refractivity (Wildman–Crippen MR) is 62.6 cm³/mol. The average molecular weight is 276 g/mol. The molecule has 0 aliphatic carbocycles. The number of anilines is 1. The third kappa shape index (κ3) is 4.01. The molecule has 0 saturated carbocycles. The minimum atomic E-state index is -0.641. The standard InChI is InChI=1S/C8H10ClN5O4/c1-10-8(15)18-3-2-11-6-5(14(16)17)4-12-7(9)13-6/h4H,2-3H2,1H3,(H,10,15)(H,11,12,13). The highest BCUT2D eigenvalue weighted by molar-refractivity contribution is 6.28. The molecule has 1 rings (SSSR count). The highest BCUT2D eigenvalue weighted by Crippen LogP contribution is 2.21.